The van der Waals surface area contributed by atoms with Crippen molar-refractivity contribution < 1.29 is 23.7 Å². The average molecular weight is 472 g/mol. The van der Waals surface area contributed by atoms with Crippen molar-refractivity contribution in [3.05, 3.63) is 52.6 Å². The predicted octanol–water partition coefficient (Wildman–Crippen LogP) is 3.61. The summed E-state index contributed by atoms with van der Waals surface area (Å²) in [5, 5.41) is 12.6. The van der Waals surface area contributed by atoms with Crippen LogP contribution in [0, 0.1) is 11.3 Å². The molecular weight excluding hydrogens is 446 g/mol. The number of nitrogens with zero attached hydrogens (tertiary/aromatic N) is 2. The molecule has 174 valence electrons. The number of carbonyl (C=O) groups is 1. The summed E-state index contributed by atoms with van der Waals surface area (Å²) < 4.78 is 21.9. The number of halogens is 1. The number of nitrogens with one attached hydrogen (secondary N) is 1. The third-order valence-electron chi connectivity index (χ3n) is 5.04. The summed E-state index contributed by atoms with van der Waals surface area (Å²) >= 11 is 6.01. The summed E-state index contributed by atoms with van der Waals surface area (Å²) in [6.07, 6.45) is 1.48. The van der Waals surface area contributed by atoms with Crippen LogP contribution in [0.3, 0.4) is 0 Å². The van der Waals surface area contributed by atoms with Gasteiger partial charge in [-0.05, 0) is 42.0 Å². The molecule has 9 heteroatoms. The second-order valence-electron chi connectivity index (χ2n) is 7.18. The summed E-state index contributed by atoms with van der Waals surface area (Å²) in [6.45, 7) is 4.57. The SMILES string of the molecule is COc1ccc(Cl)cc1NC(=O)/C(C#N)=C/c1ccc(OCCN2CCOCC2)c(OC)c1. The van der Waals surface area contributed by atoms with Crippen LogP contribution in [0.2, 0.25) is 5.02 Å². The maximum absolute atomic E-state index is 12.7. The first-order valence-corrected chi connectivity index (χ1v) is 10.8. The van der Waals surface area contributed by atoms with Crippen molar-refractivity contribution >= 4 is 29.3 Å². The third kappa shape index (κ3) is 6.86. The van der Waals surface area contributed by atoms with Crippen LogP contribution in [0.5, 0.6) is 17.2 Å². The molecule has 1 aliphatic heterocycles. The van der Waals surface area contributed by atoms with Crippen molar-refractivity contribution in [2.75, 3.05) is 59.0 Å². The zero-order valence-corrected chi connectivity index (χ0v) is 19.4. The normalized spacial score (nSPS) is 14.3. The molecule has 0 saturated carbocycles. The maximum Gasteiger partial charge on any atom is 0.266 e. The molecular formula is C24H26ClN3O5. The van der Waals surface area contributed by atoms with Crippen LogP contribution in [0.4, 0.5) is 5.69 Å². The molecule has 2 aromatic rings. The molecule has 1 fully saturated rings. The minimum Gasteiger partial charge on any atom is -0.495 e. The van der Waals surface area contributed by atoms with Gasteiger partial charge >= 0.3 is 0 Å². The molecule has 0 atom stereocenters. The van der Waals surface area contributed by atoms with E-state index in [2.05, 4.69) is 10.2 Å². The number of morpholine rings is 1. The zero-order chi connectivity index (χ0) is 23.6. The summed E-state index contributed by atoms with van der Waals surface area (Å²) in [5.74, 6) is 0.961. The molecule has 3 rings (SSSR count). The van der Waals surface area contributed by atoms with Gasteiger partial charge in [0.15, 0.2) is 11.5 Å². The number of benzene rings is 2. The molecule has 1 saturated heterocycles. The molecule has 0 aliphatic carbocycles. The molecule has 0 spiro atoms. The van der Waals surface area contributed by atoms with Gasteiger partial charge in [-0.1, -0.05) is 17.7 Å². The Kier molecular flexibility index (Phi) is 8.95. The van der Waals surface area contributed by atoms with Crippen molar-refractivity contribution in [3.63, 3.8) is 0 Å². The van der Waals surface area contributed by atoms with E-state index in [-0.39, 0.29) is 5.57 Å². The van der Waals surface area contributed by atoms with Gasteiger partial charge in [0.25, 0.3) is 5.91 Å². The number of nitriles is 1. The highest BCUT2D eigenvalue weighted by molar-refractivity contribution is 6.31. The summed E-state index contributed by atoms with van der Waals surface area (Å²) in [4.78, 5) is 14.9. The van der Waals surface area contributed by atoms with E-state index in [0.717, 1.165) is 32.8 Å². The first-order chi connectivity index (χ1) is 16.0. The number of hydrogen-bond donors (Lipinski definition) is 1. The van der Waals surface area contributed by atoms with Gasteiger partial charge in [0, 0.05) is 24.7 Å². The Bertz CT molecular complexity index is 1040. The molecule has 0 unspecified atom stereocenters. The number of amides is 1. The molecule has 2 aromatic carbocycles. The predicted molar refractivity (Wildman–Crippen MR) is 126 cm³/mol. The second kappa shape index (κ2) is 12.1. The van der Waals surface area contributed by atoms with E-state index >= 15 is 0 Å². The van der Waals surface area contributed by atoms with Crippen LogP contribution in [-0.4, -0.2) is 64.5 Å². The Labute approximate surface area is 198 Å². The fourth-order valence-corrected chi connectivity index (χ4v) is 3.46. The topological polar surface area (TPSA) is 93.0 Å². The van der Waals surface area contributed by atoms with Gasteiger partial charge in [0.1, 0.15) is 24.0 Å². The van der Waals surface area contributed by atoms with E-state index in [1.165, 1.54) is 13.2 Å². The van der Waals surface area contributed by atoms with Crippen molar-refractivity contribution in [1.29, 1.82) is 5.26 Å². The van der Waals surface area contributed by atoms with Crippen molar-refractivity contribution in [1.82, 2.24) is 4.90 Å². The molecule has 0 aromatic heterocycles. The number of rotatable bonds is 9. The van der Waals surface area contributed by atoms with Crippen LogP contribution in [-0.2, 0) is 9.53 Å². The highest BCUT2D eigenvalue weighted by Gasteiger charge is 2.15. The van der Waals surface area contributed by atoms with Crippen molar-refractivity contribution in [3.8, 4) is 23.3 Å². The van der Waals surface area contributed by atoms with Gasteiger partial charge in [-0.3, -0.25) is 9.69 Å². The summed E-state index contributed by atoms with van der Waals surface area (Å²) in [5.41, 5.74) is 0.912. The Morgan fingerprint density at radius 2 is 1.88 bits per heavy atom. The fourth-order valence-electron chi connectivity index (χ4n) is 3.29. The molecule has 1 N–H and O–H groups in total. The Morgan fingerprint density at radius 1 is 1.15 bits per heavy atom. The van der Waals surface area contributed by atoms with E-state index in [0.29, 0.717) is 40.1 Å². The molecule has 0 radical (unpaired) electrons. The van der Waals surface area contributed by atoms with Crippen LogP contribution in [0.15, 0.2) is 42.0 Å². The monoisotopic (exact) mass is 471 g/mol. The van der Waals surface area contributed by atoms with Gasteiger partial charge < -0.3 is 24.3 Å². The summed E-state index contributed by atoms with van der Waals surface area (Å²) in [6, 6.07) is 12.0. The van der Waals surface area contributed by atoms with Crippen LogP contribution in [0.1, 0.15) is 5.56 Å². The van der Waals surface area contributed by atoms with Gasteiger partial charge in [0.2, 0.25) is 0 Å². The van der Waals surface area contributed by atoms with E-state index in [1.807, 2.05) is 6.07 Å². The van der Waals surface area contributed by atoms with Gasteiger partial charge in [-0.25, -0.2) is 0 Å². The number of carbonyl (C=O) groups excluding carboxylic acids is 1. The quantitative estimate of drug-likeness (QED) is 0.441. The minimum absolute atomic E-state index is 0.0833. The Hall–Kier alpha value is -3.25. The van der Waals surface area contributed by atoms with Gasteiger partial charge in [0.05, 0.1) is 33.1 Å². The smallest absolute Gasteiger partial charge is 0.266 e. The molecule has 1 aliphatic rings. The average Bonchev–Trinajstić information content (AvgIpc) is 2.83. The highest BCUT2D eigenvalue weighted by atomic mass is 35.5. The summed E-state index contributed by atoms with van der Waals surface area (Å²) in [7, 11) is 3.03. The molecule has 33 heavy (non-hydrogen) atoms. The zero-order valence-electron chi connectivity index (χ0n) is 18.6. The lowest BCUT2D eigenvalue weighted by atomic mass is 10.1. The van der Waals surface area contributed by atoms with Crippen LogP contribution in [0.25, 0.3) is 6.08 Å². The molecule has 8 nitrogen and oxygen atoms in total. The van der Waals surface area contributed by atoms with E-state index in [4.69, 9.17) is 30.5 Å². The van der Waals surface area contributed by atoms with E-state index in [1.54, 1.807) is 43.5 Å². The number of methoxy groups -OCH3 is 2. The first kappa shape index (κ1) is 24.4. The van der Waals surface area contributed by atoms with E-state index < -0.39 is 5.91 Å². The molecule has 1 heterocycles. The van der Waals surface area contributed by atoms with E-state index in [9.17, 15) is 10.1 Å². The fraction of sp³-hybridized carbons (Fsp3) is 0.333. The highest BCUT2D eigenvalue weighted by Crippen LogP contribution is 2.30. The second-order valence-corrected chi connectivity index (χ2v) is 7.62. The largest absolute Gasteiger partial charge is 0.495 e. The lowest BCUT2D eigenvalue weighted by Crippen LogP contribution is -2.38. The third-order valence-corrected chi connectivity index (χ3v) is 5.28. The van der Waals surface area contributed by atoms with Crippen LogP contribution < -0.4 is 19.5 Å². The Balaban J connectivity index is 1.69. The molecule has 0 bridgehead atoms. The van der Waals surface area contributed by atoms with Gasteiger partial charge in [-0.15, -0.1) is 0 Å². The maximum atomic E-state index is 12.7. The first-order valence-electron chi connectivity index (χ1n) is 10.4. The van der Waals surface area contributed by atoms with Crippen molar-refractivity contribution in [2.45, 2.75) is 0 Å². The number of ether oxygens (including phenoxy) is 4. The standard InChI is InChI=1S/C24H26ClN3O5/c1-30-21-6-4-19(25)15-20(21)27-24(29)18(16-26)13-17-3-5-22(23(14-17)31-2)33-12-9-28-7-10-32-11-8-28/h3-6,13-15H,7-12H2,1-2H3,(H,27,29)/b18-13+. The number of anilines is 1. The lowest BCUT2D eigenvalue weighted by molar-refractivity contribution is -0.112. The minimum atomic E-state index is -0.581. The molecule has 1 amide bonds. The number of hydrogen-bond acceptors (Lipinski definition) is 7. The van der Waals surface area contributed by atoms with Crippen LogP contribution >= 0.6 is 11.6 Å². The Morgan fingerprint density at radius 3 is 2.58 bits per heavy atom. The lowest BCUT2D eigenvalue weighted by Gasteiger charge is -2.26. The van der Waals surface area contributed by atoms with Crippen molar-refractivity contribution in [2.24, 2.45) is 0 Å². The van der Waals surface area contributed by atoms with Gasteiger partial charge in [-0.2, -0.15) is 5.26 Å².